The first-order valence-corrected chi connectivity index (χ1v) is 6.37. The SMILES string of the molecule is Cc1cc(C)nc(CN(C)c2ncccc2C(N)=O)c1. The molecule has 2 aromatic rings. The van der Waals surface area contributed by atoms with Gasteiger partial charge in [0.2, 0.25) is 0 Å². The van der Waals surface area contributed by atoms with Crippen molar-refractivity contribution in [1.82, 2.24) is 9.97 Å². The molecule has 0 radical (unpaired) electrons. The zero-order valence-electron chi connectivity index (χ0n) is 11.9. The van der Waals surface area contributed by atoms with Gasteiger partial charge in [0.1, 0.15) is 5.82 Å². The molecule has 0 atom stereocenters. The van der Waals surface area contributed by atoms with Gasteiger partial charge in [0.05, 0.1) is 17.8 Å². The summed E-state index contributed by atoms with van der Waals surface area (Å²) in [7, 11) is 1.87. The average molecular weight is 270 g/mol. The Morgan fingerprint density at radius 1 is 1.35 bits per heavy atom. The van der Waals surface area contributed by atoms with E-state index in [1.54, 1.807) is 18.3 Å². The average Bonchev–Trinajstić information content (AvgIpc) is 2.37. The minimum atomic E-state index is -0.478. The summed E-state index contributed by atoms with van der Waals surface area (Å²) in [5.74, 6) is 0.0919. The molecular weight excluding hydrogens is 252 g/mol. The number of carbonyl (C=O) groups excluding carboxylic acids is 1. The molecule has 2 N–H and O–H groups in total. The van der Waals surface area contributed by atoms with E-state index in [4.69, 9.17) is 5.73 Å². The van der Waals surface area contributed by atoms with Crippen LogP contribution in [0, 0.1) is 13.8 Å². The summed E-state index contributed by atoms with van der Waals surface area (Å²) in [5, 5.41) is 0. The Labute approximate surface area is 118 Å². The van der Waals surface area contributed by atoms with E-state index < -0.39 is 5.91 Å². The van der Waals surface area contributed by atoms with Crippen molar-refractivity contribution in [3.8, 4) is 0 Å². The highest BCUT2D eigenvalue weighted by Crippen LogP contribution is 2.17. The summed E-state index contributed by atoms with van der Waals surface area (Å²) in [4.78, 5) is 22.0. The Bertz CT molecular complexity index is 619. The van der Waals surface area contributed by atoms with Crippen LogP contribution in [-0.4, -0.2) is 22.9 Å². The fraction of sp³-hybridized carbons (Fsp3) is 0.267. The van der Waals surface area contributed by atoms with E-state index in [-0.39, 0.29) is 0 Å². The number of pyridine rings is 2. The summed E-state index contributed by atoms with van der Waals surface area (Å²) >= 11 is 0. The smallest absolute Gasteiger partial charge is 0.252 e. The van der Waals surface area contributed by atoms with Gasteiger partial charge in [-0.05, 0) is 43.7 Å². The molecule has 0 aliphatic carbocycles. The number of carbonyl (C=O) groups is 1. The molecule has 5 heteroatoms. The highest BCUT2D eigenvalue weighted by molar-refractivity contribution is 5.97. The molecule has 0 bridgehead atoms. The number of nitrogens with two attached hydrogens (primary N) is 1. The lowest BCUT2D eigenvalue weighted by molar-refractivity contribution is 0.100. The van der Waals surface area contributed by atoms with Gasteiger partial charge in [0, 0.05) is 18.9 Å². The van der Waals surface area contributed by atoms with Gasteiger partial charge in [-0.3, -0.25) is 9.78 Å². The van der Waals surface area contributed by atoms with Crippen molar-refractivity contribution >= 4 is 11.7 Å². The van der Waals surface area contributed by atoms with Crippen molar-refractivity contribution in [3.05, 3.63) is 53.0 Å². The lowest BCUT2D eigenvalue weighted by Crippen LogP contribution is -2.23. The second-order valence-corrected chi connectivity index (χ2v) is 4.87. The minimum absolute atomic E-state index is 0.416. The molecule has 0 spiro atoms. The standard InChI is InChI=1S/C15H18N4O/c1-10-7-11(2)18-12(8-10)9-19(3)15-13(14(16)20)5-4-6-17-15/h4-8H,9H2,1-3H3,(H2,16,20). The fourth-order valence-corrected chi connectivity index (χ4v) is 2.22. The molecule has 0 fully saturated rings. The van der Waals surface area contributed by atoms with Gasteiger partial charge in [-0.2, -0.15) is 0 Å². The number of rotatable bonds is 4. The molecule has 0 aromatic carbocycles. The second kappa shape index (κ2) is 5.69. The van der Waals surface area contributed by atoms with Crippen LogP contribution in [0.15, 0.2) is 30.5 Å². The molecule has 0 saturated carbocycles. The van der Waals surface area contributed by atoms with Gasteiger partial charge in [0.15, 0.2) is 0 Å². The number of hydrogen-bond acceptors (Lipinski definition) is 4. The van der Waals surface area contributed by atoms with Crippen molar-refractivity contribution in [2.24, 2.45) is 5.73 Å². The molecule has 2 rings (SSSR count). The van der Waals surface area contributed by atoms with Gasteiger partial charge in [-0.1, -0.05) is 0 Å². The maximum absolute atomic E-state index is 11.4. The minimum Gasteiger partial charge on any atom is -0.365 e. The summed E-state index contributed by atoms with van der Waals surface area (Å²) < 4.78 is 0. The molecule has 0 aliphatic rings. The van der Waals surface area contributed by atoms with Crippen molar-refractivity contribution < 1.29 is 4.79 Å². The number of aromatic nitrogens is 2. The largest absolute Gasteiger partial charge is 0.365 e. The molecule has 20 heavy (non-hydrogen) atoms. The van der Waals surface area contributed by atoms with E-state index in [0.29, 0.717) is 17.9 Å². The monoisotopic (exact) mass is 270 g/mol. The van der Waals surface area contributed by atoms with Crippen molar-refractivity contribution in [2.45, 2.75) is 20.4 Å². The number of hydrogen-bond donors (Lipinski definition) is 1. The van der Waals surface area contributed by atoms with Gasteiger partial charge in [0.25, 0.3) is 5.91 Å². The van der Waals surface area contributed by atoms with E-state index in [9.17, 15) is 4.79 Å². The fourth-order valence-electron chi connectivity index (χ4n) is 2.22. The van der Waals surface area contributed by atoms with Crippen LogP contribution in [0.4, 0.5) is 5.82 Å². The Morgan fingerprint density at radius 3 is 2.75 bits per heavy atom. The topological polar surface area (TPSA) is 72.1 Å². The van der Waals surface area contributed by atoms with E-state index >= 15 is 0 Å². The maximum atomic E-state index is 11.4. The molecule has 2 heterocycles. The molecule has 1 amide bonds. The third kappa shape index (κ3) is 3.12. The third-order valence-electron chi connectivity index (χ3n) is 2.96. The molecular formula is C15H18N4O. The zero-order chi connectivity index (χ0) is 14.7. The van der Waals surface area contributed by atoms with Crippen molar-refractivity contribution in [2.75, 3.05) is 11.9 Å². The first-order valence-electron chi connectivity index (χ1n) is 6.37. The number of primary amides is 1. The second-order valence-electron chi connectivity index (χ2n) is 4.87. The first-order chi connectivity index (χ1) is 9.47. The molecule has 5 nitrogen and oxygen atoms in total. The van der Waals surface area contributed by atoms with Crippen molar-refractivity contribution in [3.63, 3.8) is 0 Å². The van der Waals surface area contributed by atoms with Gasteiger partial charge in [-0.25, -0.2) is 4.98 Å². The normalized spacial score (nSPS) is 10.3. The first kappa shape index (κ1) is 14.0. The van der Waals surface area contributed by atoms with E-state index in [1.165, 1.54) is 0 Å². The zero-order valence-corrected chi connectivity index (χ0v) is 11.9. The molecule has 0 aliphatic heterocycles. The number of aryl methyl sites for hydroxylation is 2. The summed E-state index contributed by atoms with van der Waals surface area (Å²) in [6.45, 7) is 4.57. The Balaban J connectivity index is 2.28. The molecule has 0 unspecified atom stereocenters. The third-order valence-corrected chi connectivity index (χ3v) is 2.96. The number of anilines is 1. The predicted molar refractivity (Wildman–Crippen MR) is 78.6 cm³/mol. The van der Waals surface area contributed by atoms with Crippen LogP contribution in [0.5, 0.6) is 0 Å². The van der Waals surface area contributed by atoms with Crippen LogP contribution < -0.4 is 10.6 Å². The number of amides is 1. The quantitative estimate of drug-likeness (QED) is 0.920. The van der Waals surface area contributed by atoms with Crippen LogP contribution in [0.25, 0.3) is 0 Å². The van der Waals surface area contributed by atoms with Crippen molar-refractivity contribution in [1.29, 1.82) is 0 Å². The van der Waals surface area contributed by atoms with Crippen LogP contribution in [0.2, 0.25) is 0 Å². The summed E-state index contributed by atoms with van der Waals surface area (Å²) in [6.07, 6.45) is 1.65. The Morgan fingerprint density at radius 2 is 2.10 bits per heavy atom. The van der Waals surface area contributed by atoms with Crippen LogP contribution in [0.1, 0.15) is 27.3 Å². The maximum Gasteiger partial charge on any atom is 0.252 e. The van der Waals surface area contributed by atoms with Gasteiger partial charge in [-0.15, -0.1) is 0 Å². The highest BCUT2D eigenvalue weighted by Gasteiger charge is 2.13. The van der Waals surface area contributed by atoms with Crippen LogP contribution in [0.3, 0.4) is 0 Å². The molecule has 0 saturated heterocycles. The Kier molecular flexibility index (Phi) is 3.98. The molecule has 104 valence electrons. The van der Waals surface area contributed by atoms with E-state index in [2.05, 4.69) is 9.97 Å². The lowest BCUT2D eigenvalue weighted by Gasteiger charge is -2.20. The van der Waals surface area contributed by atoms with Gasteiger partial charge < -0.3 is 10.6 Å². The van der Waals surface area contributed by atoms with E-state index in [0.717, 1.165) is 17.0 Å². The van der Waals surface area contributed by atoms with Gasteiger partial charge >= 0.3 is 0 Å². The van der Waals surface area contributed by atoms with E-state index in [1.807, 2.05) is 37.9 Å². The molecule has 2 aromatic heterocycles. The predicted octanol–water partition coefficient (Wildman–Crippen LogP) is 1.83. The summed E-state index contributed by atoms with van der Waals surface area (Å²) in [6, 6.07) is 7.43. The summed E-state index contributed by atoms with van der Waals surface area (Å²) in [5.41, 5.74) is 8.87. The van der Waals surface area contributed by atoms with Crippen LogP contribution >= 0.6 is 0 Å². The Hall–Kier alpha value is -2.43. The highest BCUT2D eigenvalue weighted by atomic mass is 16.1. The van der Waals surface area contributed by atoms with Crippen LogP contribution in [-0.2, 0) is 6.54 Å². The lowest BCUT2D eigenvalue weighted by atomic mass is 10.2. The number of nitrogens with zero attached hydrogens (tertiary/aromatic N) is 3.